The van der Waals surface area contributed by atoms with E-state index in [1.807, 2.05) is 19.1 Å². The average Bonchev–Trinajstić information content (AvgIpc) is 2.40. The number of esters is 1. The molecule has 0 N–H and O–H groups in total. The SMILES string of the molecule is CCOC(=O)CC/C(=N\C)c1ccccc1CC. The summed E-state index contributed by atoms with van der Waals surface area (Å²) in [6.45, 7) is 4.37. The molecule has 18 heavy (non-hydrogen) atoms. The van der Waals surface area contributed by atoms with Gasteiger partial charge < -0.3 is 4.74 Å². The zero-order valence-corrected chi connectivity index (χ0v) is 11.4. The van der Waals surface area contributed by atoms with Crippen LogP contribution in [0.15, 0.2) is 29.3 Å². The van der Waals surface area contributed by atoms with Gasteiger partial charge in [-0.3, -0.25) is 9.79 Å². The van der Waals surface area contributed by atoms with Crippen LogP contribution in [-0.4, -0.2) is 25.3 Å². The molecule has 1 aromatic rings. The number of ether oxygens (including phenoxy) is 1. The fraction of sp³-hybridized carbons (Fsp3) is 0.467. The molecule has 1 aromatic carbocycles. The molecule has 0 radical (unpaired) electrons. The van der Waals surface area contributed by atoms with Gasteiger partial charge in [0.05, 0.1) is 13.0 Å². The Labute approximate surface area is 109 Å². The summed E-state index contributed by atoms with van der Waals surface area (Å²) in [4.78, 5) is 15.7. The van der Waals surface area contributed by atoms with Crippen LogP contribution in [0.4, 0.5) is 0 Å². The van der Waals surface area contributed by atoms with Crippen molar-refractivity contribution in [3.05, 3.63) is 35.4 Å². The number of hydrogen-bond acceptors (Lipinski definition) is 3. The van der Waals surface area contributed by atoms with E-state index in [0.29, 0.717) is 19.4 Å². The van der Waals surface area contributed by atoms with Gasteiger partial charge >= 0.3 is 5.97 Å². The number of nitrogens with zero attached hydrogens (tertiary/aromatic N) is 1. The smallest absolute Gasteiger partial charge is 0.306 e. The van der Waals surface area contributed by atoms with E-state index in [1.54, 1.807) is 7.05 Å². The second-order valence-electron chi connectivity index (χ2n) is 3.99. The van der Waals surface area contributed by atoms with Crippen LogP contribution in [0.25, 0.3) is 0 Å². The maximum atomic E-state index is 11.4. The number of aliphatic imine (C=N–C) groups is 1. The largest absolute Gasteiger partial charge is 0.466 e. The van der Waals surface area contributed by atoms with Crippen LogP contribution in [0.2, 0.25) is 0 Å². The van der Waals surface area contributed by atoms with E-state index in [-0.39, 0.29) is 5.97 Å². The number of benzene rings is 1. The summed E-state index contributed by atoms with van der Waals surface area (Å²) >= 11 is 0. The van der Waals surface area contributed by atoms with E-state index in [1.165, 1.54) is 5.56 Å². The molecule has 0 aliphatic carbocycles. The molecular formula is C15H21NO2. The molecule has 3 nitrogen and oxygen atoms in total. The zero-order chi connectivity index (χ0) is 13.4. The van der Waals surface area contributed by atoms with Crippen LogP contribution in [0, 0.1) is 0 Å². The van der Waals surface area contributed by atoms with Crippen LogP contribution in [0.3, 0.4) is 0 Å². The molecule has 0 aliphatic rings. The van der Waals surface area contributed by atoms with Crippen LogP contribution >= 0.6 is 0 Å². The fourth-order valence-corrected chi connectivity index (χ4v) is 1.93. The number of carbonyl (C=O) groups is 1. The molecule has 0 saturated carbocycles. The number of carbonyl (C=O) groups excluding carboxylic acids is 1. The highest BCUT2D eigenvalue weighted by atomic mass is 16.5. The number of rotatable bonds is 6. The van der Waals surface area contributed by atoms with Crippen molar-refractivity contribution in [2.75, 3.05) is 13.7 Å². The maximum absolute atomic E-state index is 11.4. The number of hydrogen-bond donors (Lipinski definition) is 0. The van der Waals surface area contributed by atoms with Crippen molar-refractivity contribution in [2.45, 2.75) is 33.1 Å². The predicted molar refractivity (Wildman–Crippen MR) is 74.1 cm³/mol. The van der Waals surface area contributed by atoms with E-state index in [2.05, 4.69) is 24.0 Å². The molecule has 98 valence electrons. The van der Waals surface area contributed by atoms with Gasteiger partial charge in [-0.15, -0.1) is 0 Å². The minimum Gasteiger partial charge on any atom is -0.466 e. The quantitative estimate of drug-likeness (QED) is 0.572. The molecule has 0 amide bonds. The Morgan fingerprint density at radius 1 is 1.22 bits per heavy atom. The lowest BCUT2D eigenvalue weighted by atomic mass is 9.98. The summed E-state index contributed by atoms with van der Waals surface area (Å²) in [7, 11) is 1.77. The second-order valence-corrected chi connectivity index (χ2v) is 3.99. The molecule has 0 spiro atoms. The van der Waals surface area contributed by atoms with E-state index in [0.717, 1.165) is 17.7 Å². The average molecular weight is 247 g/mol. The lowest BCUT2D eigenvalue weighted by molar-refractivity contribution is -0.142. The van der Waals surface area contributed by atoms with Gasteiger partial charge in [0.25, 0.3) is 0 Å². The first-order chi connectivity index (χ1) is 8.72. The summed E-state index contributed by atoms with van der Waals surface area (Å²) in [5, 5.41) is 0. The monoisotopic (exact) mass is 247 g/mol. The van der Waals surface area contributed by atoms with E-state index in [4.69, 9.17) is 4.74 Å². The van der Waals surface area contributed by atoms with Crippen molar-refractivity contribution in [1.82, 2.24) is 0 Å². The highest BCUT2D eigenvalue weighted by Crippen LogP contribution is 2.14. The molecule has 0 unspecified atom stereocenters. The van der Waals surface area contributed by atoms with Crippen molar-refractivity contribution in [1.29, 1.82) is 0 Å². The van der Waals surface area contributed by atoms with E-state index in [9.17, 15) is 4.79 Å². The summed E-state index contributed by atoms with van der Waals surface area (Å²) in [6.07, 6.45) is 1.99. The third-order valence-corrected chi connectivity index (χ3v) is 2.85. The van der Waals surface area contributed by atoms with Crippen molar-refractivity contribution in [3.63, 3.8) is 0 Å². The molecule has 0 aromatic heterocycles. The van der Waals surface area contributed by atoms with Gasteiger partial charge in [0.1, 0.15) is 0 Å². The van der Waals surface area contributed by atoms with E-state index < -0.39 is 0 Å². The van der Waals surface area contributed by atoms with Gasteiger partial charge in [0, 0.05) is 19.2 Å². The Hall–Kier alpha value is -1.64. The number of aryl methyl sites for hydroxylation is 1. The standard InChI is InChI=1S/C15H21NO2/c1-4-12-8-6-7-9-13(12)14(16-3)10-11-15(17)18-5-2/h6-9H,4-5,10-11H2,1-3H3/b16-14+. The zero-order valence-electron chi connectivity index (χ0n) is 11.4. The van der Waals surface area contributed by atoms with Gasteiger partial charge in [-0.1, -0.05) is 31.2 Å². The van der Waals surface area contributed by atoms with E-state index >= 15 is 0 Å². The third-order valence-electron chi connectivity index (χ3n) is 2.85. The Balaban J connectivity index is 2.75. The second kappa shape index (κ2) is 7.64. The summed E-state index contributed by atoms with van der Waals surface area (Å²) in [6, 6.07) is 8.20. The maximum Gasteiger partial charge on any atom is 0.306 e. The molecular weight excluding hydrogens is 226 g/mol. The molecule has 3 heteroatoms. The first kappa shape index (κ1) is 14.4. The van der Waals surface area contributed by atoms with Gasteiger partial charge in [0.15, 0.2) is 0 Å². The van der Waals surface area contributed by atoms with Crippen LogP contribution in [0.5, 0.6) is 0 Å². The Morgan fingerprint density at radius 3 is 2.56 bits per heavy atom. The molecule has 0 heterocycles. The molecule has 0 saturated heterocycles. The van der Waals surface area contributed by atoms with Gasteiger partial charge in [-0.2, -0.15) is 0 Å². The predicted octanol–water partition coefficient (Wildman–Crippen LogP) is 3.01. The lowest BCUT2D eigenvalue weighted by Gasteiger charge is -2.10. The first-order valence-electron chi connectivity index (χ1n) is 6.42. The Bertz CT molecular complexity index is 424. The summed E-state index contributed by atoms with van der Waals surface area (Å²) in [5.74, 6) is -0.160. The van der Waals surface area contributed by atoms with Gasteiger partial charge in [0.2, 0.25) is 0 Å². The third kappa shape index (κ3) is 3.99. The summed E-state index contributed by atoms with van der Waals surface area (Å²) in [5.41, 5.74) is 3.38. The van der Waals surface area contributed by atoms with Crippen LogP contribution < -0.4 is 0 Å². The van der Waals surface area contributed by atoms with Gasteiger partial charge in [-0.05, 0) is 24.5 Å². The minimum atomic E-state index is -0.160. The highest BCUT2D eigenvalue weighted by Gasteiger charge is 2.10. The molecule has 0 atom stereocenters. The van der Waals surface area contributed by atoms with Crippen molar-refractivity contribution in [2.24, 2.45) is 4.99 Å². The summed E-state index contributed by atoms with van der Waals surface area (Å²) < 4.78 is 4.94. The first-order valence-corrected chi connectivity index (χ1v) is 6.42. The van der Waals surface area contributed by atoms with Crippen molar-refractivity contribution < 1.29 is 9.53 Å². The fourth-order valence-electron chi connectivity index (χ4n) is 1.93. The van der Waals surface area contributed by atoms with Crippen LogP contribution in [0.1, 0.15) is 37.8 Å². The lowest BCUT2D eigenvalue weighted by Crippen LogP contribution is -2.10. The van der Waals surface area contributed by atoms with Crippen molar-refractivity contribution >= 4 is 11.7 Å². The minimum absolute atomic E-state index is 0.160. The Kier molecular flexibility index (Phi) is 6.12. The molecule has 1 rings (SSSR count). The van der Waals surface area contributed by atoms with Crippen LogP contribution in [-0.2, 0) is 16.0 Å². The van der Waals surface area contributed by atoms with Gasteiger partial charge in [-0.25, -0.2) is 0 Å². The molecule has 0 aliphatic heterocycles. The molecule has 0 bridgehead atoms. The Morgan fingerprint density at radius 2 is 1.94 bits per heavy atom. The van der Waals surface area contributed by atoms with Crippen molar-refractivity contribution in [3.8, 4) is 0 Å². The highest BCUT2D eigenvalue weighted by molar-refractivity contribution is 6.02. The molecule has 0 fully saturated rings. The topological polar surface area (TPSA) is 38.7 Å². The normalized spacial score (nSPS) is 11.4.